The summed E-state index contributed by atoms with van der Waals surface area (Å²) in [6.07, 6.45) is 5.65. The van der Waals surface area contributed by atoms with Crippen LogP contribution in [-0.2, 0) is 6.54 Å². The van der Waals surface area contributed by atoms with Crippen molar-refractivity contribution < 1.29 is 4.79 Å². The number of allylic oxidation sites excluding steroid dienone is 2. The first-order valence-electron chi connectivity index (χ1n) is 15.5. The first kappa shape index (κ1) is 26.3. The average molecular weight is 575 g/mol. The Morgan fingerprint density at radius 1 is 0.795 bits per heavy atom. The van der Waals surface area contributed by atoms with E-state index in [1.54, 1.807) is 0 Å². The SMILES string of the molecule is CCn1c2ccccc2c2cc(C3Nc4c(C(=O)Nc5ccc(Nc6ccccc6)cc5)cccc4C4C=CCC43)ccc21. The van der Waals surface area contributed by atoms with Gasteiger partial charge in [0.1, 0.15) is 0 Å². The molecule has 5 heteroatoms. The summed E-state index contributed by atoms with van der Waals surface area (Å²) in [6.45, 7) is 3.13. The second kappa shape index (κ2) is 10.8. The normalized spacial score (nSPS) is 18.5. The maximum atomic E-state index is 13.8. The fourth-order valence-corrected chi connectivity index (χ4v) is 7.27. The highest BCUT2D eigenvalue weighted by molar-refractivity contribution is 6.09. The summed E-state index contributed by atoms with van der Waals surface area (Å²) in [4.78, 5) is 13.8. The molecule has 8 rings (SSSR count). The minimum absolute atomic E-state index is 0.0907. The second-order valence-electron chi connectivity index (χ2n) is 11.8. The molecule has 5 nitrogen and oxygen atoms in total. The lowest BCUT2D eigenvalue weighted by Gasteiger charge is -2.38. The van der Waals surface area contributed by atoms with Crippen LogP contribution < -0.4 is 16.0 Å². The molecular weight excluding hydrogens is 540 g/mol. The van der Waals surface area contributed by atoms with Crippen molar-refractivity contribution in [3.63, 3.8) is 0 Å². The third kappa shape index (κ3) is 4.44. The minimum atomic E-state index is -0.112. The lowest BCUT2D eigenvalue weighted by atomic mass is 9.76. The van der Waals surface area contributed by atoms with Crippen molar-refractivity contribution in [3.8, 4) is 0 Å². The van der Waals surface area contributed by atoms with Crippen molar-refractivity contribution >= 4 is 50.5 Å². The van der Waals surface area contributed by atoms with E-state index in [0.29, 0.717) is 11.5 Å². The van der Waals surface area contributed by atoms with E-state index in [1.807, 2.05) is 66.7 Å². The van der Waals surface area contributed by atoms with Gasteiger partial charge in [-0.3, -0.25) is 4.79 Å². The second-order valence-corrected chi connectivity index (χ2v) is 11.8. The van der Waals surface area contributed by atoms with Crippen LogP contribution in [0.15, 0.2) is 127 Å². The monoisotopic (exact) mass is 574 g/mol. The van der Waals surface area contributed by atoms with E-state index in [0.717, 1.165) is 35.7 Å². The fraction of sp³-hybridized carbons (Fsp3) is 0.154. The molecule has 216 valence electrons. The summed E-state index contributed by atoms with van der Waals surface area (Å²) < 4.78 is 2.39. The van der Waals surface area contributed by atoms with Crippen LogP contribution >= 0.6 is 0 Å². The Kier molecular flexibility index (Phi) is 6.45. The Bertz CT molecular complexity index is 2040. The van der Waals surface area contributed by atoms with E-state index in [9.17, 15) is 4.79 Å². The lowest BCUT2D eigenvalue weighted by molar-refractivity contribution is 0.102. The Morgan fingerprint density at radius 2 is 1.55 bits per heavy atom. The van der Waals surface area contributed by atoms with Crippen molar-refractivity contribution in [2.45, 2.75) is 31.8 Å². The number of aryl methyl sites for hydroxylation is 1. The average Bonchev–Trinajstić information content (AvgIpc) is 3.69. The first-order valence-corrected chi connectivity index (χ1v) is 15.5. The molecule has 0 saturated heterocycles. The summed E-state index contributed by atoms with van der Waals surface area (Å²) in [5.74, 6) is 0.543. The minimum Gasteiger partial charge on any atom is -0.377 e. The number of hydrogen-bond acceptors (Lipinski definition) is 3. The van der Waals surface area contributed by atoms with E-state index < -0.39 is 0 Å². The van der Waals surface area contributed by atoms with E-state index in [1.165, 1.54) is 32.9 Å². The van der Waals surface area contributed by atoms with Crippen LogP contribution in [0.3, 0.4) is 0 Å². The number of benzene rings is 5. The highest BCUT2D eigenvalue weighted by Gasteiger charge is 2.39. The maximum Gasteiger partial charge on any atom is 0.257 e. The number of carbonyl (C=O) groups is 1. The zero-order chi connectivity index (χ0) is 29.6. The maximum absolute atomic E-state index is 13.8. The van der Waals surface area contributed by atoms with Gasteiger partial charge in [0, 0.05) is 51.3 Å². The molecule has 0 spiro atoms. The van der Waals surface area contributed by atoms with Crippen LogP contribution in [0.5, 0.6) is 0 Å². The molecule has 1 aromatic heterocycles. The highest BCUT2D eigenvalue weighted by Crippen LogP contribution is 2.51. The molecule has 3 atom stereocenters. The van der Waals surface area contributed by atoms with Crippen LogP contribution in [-0.4, -0.2) is 10.5 Å². The smallest absolute Gasteiger partial charge is 0.257 e. The Labute approximate surface area is 257 Å². The van der Waals surface area contributed by atoms with Crippen molar-refractivity contribution in [1.82, 2.24) is 4.57 Å². The molecule has 1 aliphatic carbocycles. The number of carbonyl (C=O) groups excluding carboxylic acids is 1. The van der Waals surface area contributed by atoms with Gasteiger partial charge in [0.05, 0.1) is 17.3 Å². The van der Waals surface area contributed by atoms with Crippen molar-refractivity contribution in [2.24, 2.45) is 5.92 Å². The van der Waals surface area contributed by atoms with Crippen LogP contribution in [0, 0.1) is 5.92 Å². The standard InChI is InChI=1S/C39H34N4O/c1-2-43-35-17-7-6-12-30(35)34-24-25(18-23-36(34)43)37-31-14-8-13-29(31)32-15-9-16-33(38(32)42-37)39(44)41-28-21-19-27(20-22-28)40-26-10-4-3-5-11-26/h3-13,15-24,29,31,37,40,42H,2,14H2,1H3,(H,41,44). The van der Waals surface area contributed by atoms with Crippen LogP contribution in [0.1, 0.15) is 46.8 Å². The third-order valence-corrected chi connectivity index (χ3v) is 9.32. The van der Waals surface area contributed by atoms with E-state index >= 15 is 0 Å². The molecule has 1 aliphatic heterocycles. The fourth-order valence-electron chi connectivity index (χ4n) is 7.27. The first-order chi connectivity index (χ1) is 21.7. The summed E-state index contributed by atoms with van der Waals surface area (Å²) in [7, 11) is 0. The Balaban J connectivity index is 1.11. The molecule has 44 heavy (non-hydrogen) atoms. The molecular formula is C39H34N4O. The number of fused-ring (bicyclic) bond motifs is 6. The van der Waals surface area contributed by atoms with Crippen molar-refractivity contribution in [1.29, 1.82) is 0 Å². The van der Waals surface area contributed by atoms with E-state index in [4.69, 9.17) is 0 Å². The number of anilines is 4. The molecule has 0 bridgehead atoms. The molecule has 3 N–H and O–H groups in total. The number of rotatable bonds is 6. The van der Waals surface area contributed by atoms with Crippen molar-refractivity contribution in [2.75, 3.05) is 16.0 Å². The largest absolute Gasteiger partial charge is 0.377 e. The number of amides is 1. The molecule has 2 heterocycles. The zero-order valence-electron chi connectivity index (χ0n) is 24.6. The van der Waals surface area contributed by atoms with Crippen LogP contribution in [0.2, 0.25) is 0 Å². The third-order valence-electron chi connectivity index (χ3n) is 9.32. The van der Waals surface area contributed by atoms with Gasteiger partial charge in [0.15, 0.2) is 0 Å². The number of aromatic nitrogens is 1. The lowest BCUT2D eigenvalue weighted by Crippen LogP contribution is -2.30. The summed E-state index contributed by atoms with van der Waals surface area (Å²) in [6, 6.07) is 39.7. The highest BCUT2D eigenvalue weighted by atomic mass is 16.1. The van der Waals surface area contributed by atoms with Gasteiger partial charge in [-0.2, -0.15) is 0 Å². The molecule has 0 saturated carbocycles. The number of nitrogens with one attached hydrogen (secondary N) is 3. The molecule has 3 unspecified atom stereocenters. The van der Waals surface area contributed by atoms with Gasteiger partial charge in [0.2, 0.25) is 0 Å². The Morgan fingerprint density at radius 3 is 2.39 bits per heavy atom. The predicted octanol–water partition coefficient (Wildman–Crippen LogP) is 9.64. The van der Waals surface area contributed by atoms with Gasteiger partial charge in [-0.05, 0) is 91.1 Å². The van der Waals surface area contributed by atoms with Crippen LogP contribution in [0.25, 0.3) is 21.8 Å². The summed E-state index contributed by atoms with van der Waals surface area (Å²) in [5.41, 5.74) is 9.34. The van der Waals surface area contributed by atoms with Gasteiger partial charge in [-0.1, -0.05) is 66.7 Å². The quantitative estimate of drug-likeness (QED) is 0.174. The molecule has 2 aliphatic rings. The van der Waals surface area contributed by atoms with Crippen molar-refractivity contribution in [3.05, 3.63) is 144 Å². The topological polar surface area (TPSA) is 58.1 Å². The van der Waals surface area contributed by atoms with Gasteiger partial charge in [-0.25, -0.2) is 0 Å². The summed E-state index contributed by atoms with van der Waals surface area (Å²) >= 11 is 0. The van der Waals surface area contributed by atoms with E-state index in [-0.39, 0.29) is 17.9 Å². The number of hydrogen-bond donors (Lipinski definition) is 3. The van der Waals surface area contributed by atoms with Gasteiger partial charge >= 0.3 is 0 Å². The number of nitrogens with zero attached hydrogens (tertiary/aromatic N) is 1. The van der Waals surface area contributed by atoms with E-state index in [2.05, 4.69) is 88.1 Å². The number of para-hydroxylation sites is 3. The molecule has 1 amide bonds. The zero-order valence-corrected chi connectivity index (χ0v) is 24.6. The molecule has 0 fully saturated rings. The molecule has 5 aromatic carbocycles. The predicted molar refractivity (Wildman–Crippen MR) is 182 cm³/mol. The molecule has 6 aromatic rings. The van der Waals surface area contributed by atoms with Crippen LogP contribution in [0.4, 0.5) is 22.7 Å². The van der Waals surface area contributed by atoms with Gasteiger partial charge in [-0.15, -0.1) is 0 Å². The van der Waals surface area contributed by atoms with Gasteiger partial charge < -0.3 is 20.5 Å². The van der Waals surface area contributed by atoms with Gasteiger partial charge in [0.25, 0.3) is 5.91 Å². The Hall–Kier alpha value is -5.29. The molecule has 0 radical (unpaired) electrons. The summed E-state index contributed by atoms with van der Waals surface area (Å²) in [5, 5.41) is 13.0.